The van der Waals surface area contributed by atoms with E-state index in [1.807, 2.05) is 0 Å². The molecule has 1 atom stereocenters. The molecule has 6 nitrogen and oxygen atoms in total. The van der Waals surface area contributed by atoms with E-state index in [9.17, 15) is 14.7 Å². The molecule has 0 rings (SSSR count). The number of hydrogen-bond donors (Lipinski definition) is 1. The first-order chi connectivity index (χ1) is 26.0. The summed E-state index contributed by atoms with van der Waals surface area (Å²) in [6, 6.07) is 0. The number of rotatable bonds is 43. The van der Waals surface area contributed by atoms with E-state index in [4.69, 9.17) is 9.47 Å². The molecule has 0 saturated heterocycles. The highest BCUT2D eigenvalue weighted by Crippen LogP contribution is 2.19. The van der Waals surface area contributed by atoms with Crippen molar-refractivity contribution in [2.45, 2.75) is 265 Å². The van der Waals surface area contributed by atoms with E-state index in [0.717, 1.165) is 83.8 Å². The molecule has 0 saturated carbocycles. The molecule has 0 fully saturated rings. The average molecular weight is 752 g/mol. The highest BCUT2D eigenvalue weighted by Gasteiger charge is 2.15. The highest BCUT2D eigenvalue weighted by molar-refractivity contribution is 5.69. The van der Waals surface area contributed by atoms with Crippen LogP contribution in [0, 0.1) is 0 Å². The van der Waals surface area contributed by atoms with E-state index >= 15 is 0 Å². The monoisotopic (exact) mass is 752 g/mol. The Morgan fingerprint density at radius 2 is 0.736 bits per heavy atom. The fourth-order valence-corrected chi connectivity index (χ4v) is 7.46. The Morgan fingerprint density at radius 1 is 0.415 bits per heavy atom. The lowest BCUT2D eigenvalue weighted by Crippen LogP contribution is -2.27. The summed E-state index contributed by atoms with van der Waals surface area (Å²) in [7, 11) is 0. The van der Waals surface area contributed by atoms with Gasteiger partial charge < -0.3 is 19.5 Å². The minimum atomic E-state index is -0.0100. The standard InChI is InChI=1S/C47H93NO5/c1-5-9-12-15-20-27-35-44(8-4)52-46(50)38-30-23-18-25-32-40-48(42-34-43-49)41-33-26-19-24-31-39-47(51)53-45(36-28-21-16-13-10-6-2)37-29-22-17-14-11-7-3/h44-45,49H,5-43H2,1-4H3. The van der Waals surface area contributed by atoms with Crippen molar-refractivity contribution < 1.29 is 24.2 Å². The van der Waals surface area contributed by atoms with Gasteiger partial charge in [0.25, 0.3) is 0 Å². The molecule has 53 heavy (non-hydrogen) atoms. The maximum atomic E-state index is 12.7. The van der Waals surface area contributed by atoms with Gasteiger partial charge in [0.15, 0.2) is 0 Å². The zero-order chi connectivity index (χ0) is 38.9. The van der Waals surface area contributed by atoms with Crippen LogP contribution in [0.25, 0.3) is 0 Å². The molecule has 0 aromatic carbocycles. The SMILES string of the molecule is CCCCCCCCC(CC)OC(=O)CCCCCCCN(CCCO)CCCCCCCC(=O)OC(CCCCCCCC)CCCCCCCC. The Hall–Kier alpha value is -1.14. The summed E-state index contributed by atoms with van der Waals surface area (Å²) in [5.74, 6) is 0.00945. The van der Waals surface area contributed by atoms with Crippen LogP contribution in [-0.4, -0.2) is 60.4 Å². The Kier molecular flexibility index (Phi) is 41.1. The number of aliphatic hydroxyl groups excluding tert-OH is 1. The van der Waals surface area contributed by atoms with Gasteiger partial charge in [0.1, 0.15) is 12.2 Å². The van der Waals surface area contributed by atoms with E-state index in [1.165, 1.54) is 148 Å². The van der Waals surface area contributed by atoms with Crippen molar-refractivity contribution in [2.24, 2.45) is 0 Å². The van der Waals surface area contributed by atoms with Crippen LogP contribution < -0.4 is 0 Å². The lowest BCUT2D eigenvalue weighted by molar-refractivity contribution is -0.150. The molecular formula is C47H93NO5. The number of unbranched alkanes of at least 4 members (excludes halogenated alkanes) is 23. The molecule has 0 spiro atoms. The summed E-state index contributed by atoms with van der Waals surface area (Å²) in [6.45, 7) is 12.3. The predicted octanol–water partition coefficient (Wildman–Crippen LogP) is 13.8. The first-order valence-electron chi connectivity index (χ1n) is 23.7. The number of nitrogens with zero attached hydrogens (tertiary/aromatic N) is 1. The number of esters is 2. The quantitative estimate of drug-likeness (QED) is 0.0494. The zero-order valence-corrected chi connectivity index (χ0v) is 36.3. The molecule has 1 unspecified atom stereocenters. The minimum absolute atomic E-state index is 0.0100. The molecule has 316 valence electrons. The van der Waals surface area contributed by atoms with Gasteiger partial charge >= 0.3 is 11.9 Å². The Morgan fingerprint density at radius 3 is 1.13 bits per heavy atom. The van der Waals surface area contributed by atoms with Crippen molar-refractivity contribution in [1.82, 2.24) is 4.90 Å². The highest BCUT2D eigenvalue weighted by atomic mass is 16.5. The maximum absolute atomic E-state index is 12.7. The second-order valence-corrected chi connectivity index (χ2v) is 16.3. The van der Waals surface area contributed by atoms with Gasteiger partial charge in [-0.05, 0) is 90.1 Å². The number of ether oxygens (including phenoxy) is 2. The van der Waals surface area contributed by atoms with Crippen LogP contribution in [0.3, 0.4) is 0 Å². The fourth-order valence-electron chi connectivity index (χ4n) is 7.46. The van der Waals surface area contributed by atoms with Gasteiger partial charge in [-0.15, -0.1) is 0 Å². The molecule has 6 heteroatoms. The molecule has 0 heterocycles. The third-order valence-corrected chi connectivity index (χ3v) is 11.0. The molecule has 0 amide bonds. The smallest absolute Gasteiger partial charge is 0.306 e. The van der Waals surface area contributed by atoms with Crippen LogP contribution >= 0.6 is 0 Å². The summed E-state index contributed by atoms with van der Waals surface area (Å²) in [5.41, 5.74) is 0. The molecule has 0 radical (unpaired) electrons. The minimum Gasteiger partial charge on any atom is -0.462 e. The third-order valence-electron chi connectivity index (χ3n) is 11.0. The molecule has 0 aromatic heterocycles. The molecule has 0 aromatic rings. The van der Waals surface area contributed by atoms with Gasteiger partial charge in [-0.1, -0.05) is 163 Å². The molecule has 1 N–H and O–H groups in total. The van der Waals surface area contributed by atoms with E-state index in [0.29, 0.717) is 12.8 Å². The van der Waals surface area contributed by atoms with Gasteiger partial charge in [-0.25, -0.2) is 0 Å². The van der Waals surface area contributed by atoms with Crippen molar-refractivity contribution in [2.75, 3.05) is 26.2 Å². The average Bonchev–Trinajstić information content (AvgIpc) is 3.15. The van der Waals surface area contributed by atoms with Crippen molar-refractivity contribution in [1.29, 1.82) is 0 Å². The molecule has 0 aliphatic heterocycles. The van der Waals surface area contributed by atoms with Crippen LogP contribution in [0.2, 0.25) is 0 Å². The number of aliphatic hydroxyl groups is 1. The van der Waals surface area contributed by atoms with E-state index in [-0.39, 0.29) is 30.8 Å². The zero-order valence-electron chi connectivity index (χ0n) is 36.3. The van der Waals surface area contributed by atoms with Crippen molar-refractivity contribution in [3.05, 3.63) is 0 Å². The van der Waals surface area contributed by atoms with Crippen molar-refractivity contribution in [3.63, 3.8) is 0 Å². The second kappa shape index (κ2) is 42.0. The maximum Gasteiger partial charge on any atom is 0.306 e. The first-order valence-corrected chi connectivity index (χ1v) is 23.7. The first kappa shape index (κ1) is 51.9. The largest absolute Gasteiger partial charge is 0.462 e. The molecule has 0 aliphatic carbocycles. The van der Waals surface area contributed by atoms with E-state index in [2.05, 4.69) is 32.6 Å². The Balaban J connectivity index is 4.12. The molecule has 0 bridgehead atoms. The van der Waals surface area contributed by atoms with E-state index in [1.54, 1.807) is 0 Å². The fraction of sp³-hybridized carbons (Fsp3) is 0.957. The summed E-state index contributed by atoms with van der Waals surface area (Å²) < 4.78 is 11.8. The normalized spacial score (nSPS) is 12.2. The third kappa shape index (κ3) is 37.6. The predicted molar refractivity (Wildman–Crippen MR) is 228 cm³/mol. The van der Waals surface area contributed by atoms with Crippen LogP contribution in [0.15, 0.2) is 0 Å². The van der Waals surface area contributed by atoms with Crippen LogP contribution in [0.5, 0.6) is 0 Å². The summed E-state index contributed by atoms with van der Waals surface area (Å²) >= 11 is 0. The van der Waals surface area contributed by atoms with Gasteiger partial charge in [0.05, 0.1) is 0 Å². The van der Waals surface area contributed by atoms with Crippen molar-refractivity contribution >= 4 is 11.9 Å². The molecular weight excluding hydrogens is 659 g/mol. The van der Waals surface area contributed by atoms with Gasteiger partial charge in [0.2, 0.25) is 0 Å². The van der Waals surface area contributed by atoms with Crippen LogP contribution in [-0.2, 0) is 19.1 Å². The number of hydrogen-bond acceptors (Lipinski definition) is 6. The Labute approximate surface area is 331 Å². The number of carbonyl (C=O) groups is 2. The van der Waals surface area contributed by atoms with Gasteiger partial charge in [0, 0.05) is 26.0 Å². The Bertz CT molecular complexity index is 745. The number of carbonyl (C=O) groups excluding carboxylic acids is 2. The van der Waals surface area contributed by atoms with Gasteiger partial charge in [-0.3, -0.25) is 9.59 Å². The lowest BCUT2D eigenvalue weighted by Gasteiger charge is -2.22. The van der Waals surface area contributed by atoms with E-state index < -0.39 is 0 Å². The summed E-state index contributed by atoms with van der Waals surface area (Å²) in [6.07, 6.45) is 40.3. The lowest BCUT2D eigenvalue weighted by atomic mass is 10.0. The topological polar surface area (TPSA) is 76.1 Å². The summed E-state index contributed by atoms with van der Waals surface area (Å²) in [4.78, 5) is 27.6. The van der Waals surface area contributed by atoms with Crippen molar-refractivity contribution in [3.8, 4) is 0 Å². The van der Waals surface area contributed by atoms with Gasteiger partial charge in [-0.2, -0.15) is 0 Å². The molecule has 0 aliphatic rings. The van der Waals surface area contributed by atoms with Crippen LogP contribution in [0.1, 0.15) is 252 Å². The summed E-state index contributed by atoms with van der Waals surface area (Å²) in [5, 5.41) is 9.41. The van der Waals surface area contributed by atoms with Crippen LogP contribution in [0.4, 0.5) is 0 Å². The second-order valence-electron chi connectivity index (χ2n) is 16.3.